The molecule has 0 aliphatic rings. The molecule has 3 aromatic rings. The van der Waals surface area contributed by atoms with Crippen molar-refractivity contribution >= 4 is 23.2 Å². The van der Waals surface area contributed by atoms with Gasteiger partial charge in [-0.3, -0.25) is 0 Å². The van der Waals surface area contributed by atoms with E-state index >= 15 is 0 Å². The predicted molar refractivity (Wildman–Crippen MR) is 79.0 cm³/mol. The maximum atomic E-state index is 6.08. The van der Waals surface area contributed by atoms with Crippen molar-refractivity contribution in [1.29, 1.82) is 0 Å². The van der Waals surface area contributed by atoms with E-state index in [1.807, 2.05) is 6.07 Å². The fourth-order valence-corrected chi connectivity index (χ4v) is 2.12. The smallest absolute Gasteiger partial charge is 0.222 e. The van der Waals surface area contributed by atoms with Crippen molar-refractivity contribution in [2.75, 3.05) is 7.11 Å². The summed E-state index contributed by atoms with van der Waals surface area (Å²) in [6, 6.07) is 3.58. The molecule has 8 heteroatoms. The summed E-state index contributed by atoms with van der Waals surface area (Å²) in [5.74, 6) is 0.507. The molecule has 0 N–H and O–H groups in total. The Morgan fingerprint density at radius 2 is 2.05 bits per heavy atom. The van der Waals surface area contributed by atoms with E-state index in [-0.39, 0.29) is 5.28 Å². The molecule has 3 rings (SSSR count). The summed E-state index contributed by atoms with van der Waals surface area (Å²) < 4.78 is 6.76. The van der Waals surface area contributed by atoms with Crippen LogP contribution in [0.15, 0.2) is 36.9 Å². The van der Waals surface area contributed by atoms with Crippen LogP contribution in [-0.4, -0.2) is 31.8 Å². The van der Waals surface area contributed by atoms with Gasteiger partial charge in [-0.2, -0.15) is 5.10 Å². The maximum Gasteiger partial charge on any atom is 0.222 e. The highest BCUT2D eigenvalue weighted by molar-refractivity contribution is 6.33. The van der Waals surface area contributed by atoms with Crippen molar-refractivity contribution in [1.82, 2.24) is 24.7 Å². The number of aromatic nitrogens is 5. The van der Waals surface area contributed by atoms with Crippen LogP contribution < -0.4 is 4.74 Å². The summed E-state index contributed by atoms with van der Waals surface area (Å²) in [5, 5.41) is 4.82. The van der Waals surface area contributed by atoms with Gasteiger partial charge in [0.05, 0.1) is 35.9 Å². The molecule has 3 aromatic heterocycles. The van der Waals surface area contributed by atoms with Crippen molar-refractivity contribution in [3.63, 3.8) is 0 Å². The molecular weight excluding hydrogens is 313 g/mol. The average Bonchev–Trinajstić information content (AvgIpc) is 2.99. The summed E-state index contributed by atoms with van der Waals surface area (Å²) in [6.45, 7) is 0. The van der Waals surface area contributed by atoms with Crippen LogP contribution in [0, 0.1) is 0 Å². The quantitative estimate of drug-likeness (QED) is 0.694. The van der Waals surface area contributed by atoms with E-state index < -0.39 is 0 Å². The van der Waals surface area contributed by atoms with Crippen LogP contribution in [0.5, 0.6) is 5.88 Å². The number of nitrogens with zero attached hydrogens (tertiary/aromatic N) is 5. The van der Waals surface area contributed by atoms with Gasteiger partial charge in [0.2, 0.25) is 11.2 Å². The Balaban J connectivity index is 2.01. The summed E-state index contributed by atoms with van der Waals surface area (Å²) in [5.41, 5.74) is 2.08. The van der Waals surface area contributed by atoms with E-state index in [1.165, 1.54) is 6.20 Å². The van der Waals surface area contributed by atoms with Crippen LogP contribution in [0.4, 0.5) is 0 Å². The van der Waals surface area contributed by atoms with Gasteiger partial charge in [-0.05, 0) is 17.7 Å². The molecule has 0 atom stereocenters. The molecule has 0 saturated heterocycles. The topological polar surface area (TPSA) is 65.7 Å². The van der Waals surface area contributed by atoms with Gasteiger partial charge < -0.3 is 4.74 Å². The standard InChI is InChI=1S/C13H9Cl2N5O/c1-21-11-4-9(2-3-16-11)20-7-8(5-18-20)12-10(14)6-17-13(15)19-12/h2-7H,1H3. The van der Waals surface area contributed by atoms with Crippen molar-refractivity contribution in [3.8, 4) is 22.8 Å². The van der Waals surface area contributed by atoms with Crippen molar-refractivity contribution in [2.45, 2.75) is 0 Å². The molecule has 0 aliphatic heterocycles. The number of methoxy groups -OCH3 is 1. The van der Waals surface area contributed by atoms with Gasteiger partial charge in [0.1, 0.15) is 0 Å². The molecule has 0 amide bonds. The summed E-state index contributed by atoms with van der Waals surface area (Å²) in [7, 11) is 1.56. The third kappa shape index (κ3) is 2.81. The number of pyridine rings is 1. The fourth-order valence-electron chi connectivity index (χ4n) is 1.79. The molecule has 6 nitrogen and oxygen atoms in total. The van der Waals surface area contributed by atoms with E-state index in [2.05, 4.69) is 20.1 Å². The average molecular weight is 322 g/mol. The van der Waals surface area contributed by atoms with Crippen LogP contribution in [0.1, 0.15) is 0 Å². The first-order valence-electron chi connectivity index (χ1n) is 5.91. The lowest BCUT2D eigenvalue weighted by Crippen LogP contribution is -1.96. The Morgan fingerprint density at radius 3 is 2.86 bits per heavy atom. The highest BCUT2D eigenvalue weighted by Crippen LogP contribution is 2.26. The zero-order chi connectivity index (χ0) is 14.8. The van der Waals surface area contributed by atoms with Crippen LogP contribution in [0.3, 0.4) is 0 Å². The first kappa shape index (κ1) is 13.8. The normalized spacial score (nSPS) is 10.6. The second kappa shape index (κ2) is 5.67. The number of halogens is 2. The zero-order valence-electron chi connectivity index (χ0n) is 10.9. The first-order valence-corrected chi connectivity index (χ1v) is 6.66. The lowest BCUT2D eigenvalue weighted by Gasteiger charge is -2.03. The fraction of sp³-hybridized carbons (Fsp3) is 0.0769. The zero-order valence-corrected chi connectivity index (χ0v) is 12.4. The Morgan fingerprint density at radius 1 is 1.19 bits per heavy atom. The van der Waals surface area contributed by atoms with Gasteiger partial charge in [-0.1, -0.05) is 11.6 Å². The number of rotatable bonds is 3. The summed E-state index contributed by atoms with van der Waals surface area (Å²) in [6.07, 6.45) is 6.54. The predicted octanol–water partition coefficient (Wildman–Crippen LogP) is 3.04. The molecule has 0 radical (unpaired) electrons. The van der Waals surface area contributed by atoms with Crippen molar-refractivity contribution < 1.29 is 4.74 Å². The van der Waals surface area contributed by atoms with Crippen LogP contribution in [-0.2, 0) is 0 Å². The molecule has 0 unspecified atom stereocenters. The second-order valence-corrected chi connectivity index (χ2v) is 4.81. The molecule has 0 bridgehead atoms. The highest BCUT2D eigenvalue weighted by atomic mass is 35.5. The molecular formula is C13H9Cl2N5O. The monoisotopic (exact) mass is 321 g/mol. The molecule has 0 aromatic carbocycles. The SMILES string of the molecule is COc1cc(-n2cc(-c3nc(Cl)ncc3Cl)cn2)ccn1. The Labute approximate surface area is 130 Å². The summed E-state index contributed by atoms with van der Waals surface area (Å²) in [4.78, 5) is 12.0. The molecule has 0 aliphatic carbocycles. The third-order valence-electron chi connectivity index (χ3n) is 2.76. The van der Waals surface area contributed by atoms with Gasteiger partial charge in [0.15, 0.2) is 0 Å². The maximum absolute atomic E-state index is 6.08. The van der Waals surface area contributed by atoms with Gasteiger partial charge >= 0.3 is 0 Å². The molecule has 0 saturated carbocycles. The van der Waals surface area contributed by atoms with E-state index in [1.54, 1.807) is 36.4 Å². The van der Waals surface area contributed by atoms with E-state index in [4.69, 9.17) is 27.9 Å². The molecule has 21 heavy (non-hydrogen) atoms. The van der Waals surface area contributed by atoms with E-state index in [9.17, 15) is 0 Å². The van der Waals surface area contributed by atoms with Crippen molar-refractivity contribution in [3.05, 3.63) is 47.2 Å². The number of hydrogen-bond acceptors (Lipinski definition) is 5. The van der Waals surface area contributed by atoms with Crippen LogP contribution in [0.2, 0.25) is 10.3 Å². The van der Waals surface area contributed by atoms with Crippen LogP contribution in [0.25, 0.3) is 16.9 Å². The lowest BCUT2D eigenvalue weighted by atomic mass is 10.2. The Kier molecular flexibility index (Phi) is 3.72. The van der Waals surface area contributed by atoms with Gasteiger partial charge in [-0.15, -0.1) is 0 Å². The minimum atomic E-state index is 0.132. The van der Waals surface area contributed by atoms with E-state index in [0.29, 0.717) is 16.6 Å². The second-order valence-electron chi connectivity index (χ2n) is 4.07. The minimum Gasteiger partial charge on any atom is -0.481 e. The molecule has 0 spiro atoms. The van der Waals surface area contributed by atoms with E-state index in [0.717, 1.165) is 11.3 Å². The van der Waals surface area contributed by atoms with Gasteiger partial charge in [0, 0.05) is 24.0 Å². The minimum absolute atomic E-state index is 0.132. The summed E-state index contributed by atoms with van der Waals surface area (Å²) >= 11 is 11.9. The largest absolute Gasteiger partial charge is 0.481 e. The molecule has 106 valence electrons. The van der Waals surface area contributed by atoms with Crippen molar-refractivity contribution in [2.24, 2.45) is 0 Å². The lowest BCUT2D eigenvalue weighted by molar-refractivity contribution is 0.397. The Bertz CT molecular complexity index is 790. The van der Waals surface area contributed by atoms with Gasteiger partial charge in [-0.25, -0.2) is 19.6 Å². The third-order valence-corrected chi connectivity index (χ3v) is 3.22. The van der Waals surface area contributed by atoms with Crippen LogP contribution >= 0.6 is 23.2 Å². The molecule has 0 fully saturated rings. The Hall–Kier alpha value is -2.18. The highest BCUT2D eigenvalue weighted by Gasteiger charge is 2.10. The van der Waals surface area contributed by atoms with Gasteiger partial charge in [0.25, 0.3) is 0 Å². The number of ether oxygens (including phenoxy) is 1. The molecule has 3 heterocycles. The number of hydrogen-bond donors (Lipinski definition) is 0. The first-order chi connectivity index (χ1) is 10.2.